The van der Waals surface area contributed by atoms with E-state index in [0.29, 0.717) is 35.2 Å². The Bertz CT molecular complexity index is 1190. The van der Waals surface area contributed by atoms with Crippen molar-refractivity contribution in [2.75, 3.05) is 0 Å². The van der Waals surface area contributed by atoms with Gasteiger partial charge in [-0.2, -0.15) is 0 Å². The summed E-state index contributed by atoms with van der Waals surface area (Å²) in [6.45, 7) is 0.679. The van der Waals surface area contributed by atoms with E-state index in [1.807, 2.05) is 24.3 Å². The maximum absolute atomic E-state index is 12.5. The molecule has 0 bridgehead atoms. The molecule has 8 heteroatoms. The second kappa shape index (κ2) is 6.73. The van der Waals surface area contributed by atoms with Crippen LogP contribution in [0.25, 0.3) is 10.9 Å². The Morgan fingerprint density at radius 1 is 1.14 bits per heavy atom. The predicted octanol–water partition coefficient (Wildman–Crippen LogP) is 1.11. The molecule has 2 amide bonds. The zero-order valence-electron chi connectivity index (χ0n) is 15.5. The molecular formula is C21H18N4O4. The number of hydrazine groups is 1. The average molecular weight is 390 g/mol. The summed E-state index contributed by atoms with van der Waals surface area (Å²) in [7, 11) is 0. The molecule has 1 aromatic heterocycles. The van der Waals surface area contributed by atoms with Gasteiger partial charge >= 0.3 is 0 Å². The summed E-state index contributed by atoms with van der Waals surface area (Å²) in [5, 5.41) is 0.480. The van der Waals surface area contributed by atoms with Gasteiger partial charge < -0.3 is 4.74 Å². The van der Waals surface area contributed by atoms with Crippen LogP contribution < -0.4 is 21.1 Å². The minimum Gasteiger partial charge on any atom is -0.480 e. The highest BCUT2D eigenvalue weighted by Crippen LogP contribution is 2.28. The number of hydrogen-bond acceptors (Lipinski definition) is 5. The van der Waals surface area contributed by atoms with Gasteiger partial charge in [0.05, 0.1) is 10.9 Å². The number of nitrogens with zero attached hydrogens (tertiary/aromatic N) is 2. The van der Waals surface area contributed by atoms with Crippen molar-refractivity contribution in [1.29, 1.82) is 0 Å². The number of para-hydroxylation sites is 1. The van der Waals surface area contributed by atoms with E-state index >= 15 is 0 Å². The molecule has 0 unspecified atom stereocenters. The van der Waals surface area contributed by atoms with Gasteiger partial charge in [0.2, 0.25) is 0 Å². The van der Waals surface area contributed by atoms with Crippen LogP contribution in [0.4, 0.5) is 0 Å². The molecule has 0 saturated heterocycles. The SMILES string of the molecule is O=C(NNC(=O)[C@@H]1Cc2ccccc2O1)c1ccc2c(=O)n3c(nc2c1)CCC3. The van der Waals surface area contributed by atoms with Crippen molar-refractivity contribution in [3.8, 4) is 5.75 Å². The van der Waals surface area contributed by atoms with Crippen LogP contribution in [-0.4, -0.2) is 27.5 Å². The number of hydrogen-bond donors (Lipinski definition) is 2. The number of carbonyl (C=O) groups excluding carboxylic acids is 2. The second-order valence-electron chi connectivity index (χ2n) is 7.18. The fraction of sp³-hybridized carbons (Fsp3) is 0.238. The second-order valence-corrected chi connectivity index (χ2v) is 7.18. The summed E-state index contributed by atoms with van der Waals surface area (Å²) in [5.74, 6) is 0.507. The molecule has 3 aromatic rings. The molecule has 5 rings (SSSR count). The molecule has 0 spiro atoms. The van der Waals surface area contributed by atoms with Crippen LogP contribution in [0.5, 0.6) is 5.75 Å². The highest BCUT2D eigenvalue weighted by molar-refractivity contribution is 5.98. The van der Waals surface area contributed by atoms with Gasteiger partial charge in [0.1, 0.15) is 11.6 Å². The Hall–Kier alpha value is -3.68. The third-order valence-electron chi connectivity index (χ3n) is 5.32. The summed E-state index contributed by atoms with van der Waals surface area (Å²) >= 11 is 0. The number of nitrogens with one attached hydrogen (secondary N) is 2. The van der Waals surface area contributed by atoms with Crippen molar-refractivity contribution in [3.63, 3.8) is 0 Å². The number of fused-ring (bicyclic) bond motifs is 3. The van der Waals surface area contributed by atoms with Gasteiger partial charge in [0.25, 0.3) is 17.4 Å². The smallest absolute Gasteiger partial charge is 0.279 e. The van der Waals surface area contributed by atoms with Gasteiger partial charge in [-0.3, -0.25) is 29.8 Å². The number of ether oxygens (including phenoxy) is 1. The van der Waals surface area contributed by atoms with Crippen molar-refractivity contribution in [2.45, 2.75) is 31.9 Å². The Kier molecular flexibility index (Phi) is 4.04. The number of rotatable bonds is 2. The number of benzene rings is 2. The molecule has 0 aliphatic carbocycles. The van der Waals surface area contributed by atoms with Crippen LogP contribution in [-0.2, 0) is 24.2 Å². The predicted molar refractivity (Wildman–Crippen MR) is 104 cm³/mol. The van der Waals surface area contributed by atoms with Gasteiger partial charge in [-0.15, -0.1) is 0 Å². The first kappa shape index (κ1) is 17.4. The summed E-state index contributed by atoms with van der Waals surface area (Å²) in [4.78, 5) is 41.8. The van der Waals surface area contributed by atoms with Crippen molar-refractivity contribution < 1.29 is 14.3 Å². The third kappa shape index (κ3) is 3.02. The quantitative estimate of drug-likeness (QED) is 0.638. The van der Waals surface area contributed by atoms with E-state index in [-0.39, 0.29) is 5.56 Å². The maximum atomic E-state index is 12.5. The number of carbonyl (C=O) groups is 2. The fourth-order valence-corrected chi connectivity index (χ4v) is 3.82. The van der Waals surface area contributed by atoms with Crippen molar-refractivity contribution >= 4 is 22.7 Å². The van der Waals surface area contributed by atoms with Crippen LogP contribution in [0.3, 0.4) is 0 Å². The van der Waals surface area contributed by atoms with Crippen LogP contribution in [0, 0.1) is 0 Å². The lowest BCUT2D eigenvalue weighted by Crippen LogP contribution is -2.47. The van der Waals surface area contributed by atoms with E-state index in [1.54, 1.807) is 22.8 Å². The lowest BCUT2D eigenvalue weighted by atomic mass is 10.1. The Morgan fingerprint density at radius 2 is 2.00 bits per heavy atom. The minimum atomic E-state index is -0.686. The lowest BCUT2D eigenvalue weighted by Gasteiger charge is -2.12. The zero-order chi connectivity index (χ0) is 20.0. The Labute approximate surface area is 165 Å². The van der Waals surface area contributed by atoms with Crippen LogP contribution >= 0.6 is 0 Å². The summed E-state index contributed by atoms with van der Waals surface area (Å²) in [5.41, 5.74) is 6.48. The zero-order valence-corrected chi connectivity index (χ0v) is 15.5. The third-order valence-corrected chi connectivity index (χ3v) is 5.32. The fourth-order valence-electron chi connectivity index (χ4n) is 3.82. The molecule has 3 heterocycles. The number of aryl methyl sites for hydroxylation is 1. The largest absolute Gasteiger partial charge is 0.480 e. The molecule has 146 valence electrons. The monoisotopic (exact) mass is 390 g/mol. The van der Waals surface area contributed by atoms with E-state index < -0.39 is 17.9 Å². The number of amides is 2. The van der Waals surface area contributed by atoms with E-state index in [0.717, 1.165) is 24.2 Å². The molecule has 0 fully saturated rings. The Balaban J connectivity index is 1.29. The Morgan fingerprint density at radius 3 is 2.86 bits per heavy atom. The first-order valence-electron chi connectivity index (χ1n) is 9.48. The van der Waals surface area contributed by atoms with Crippen molar-refractivity contribution in [3.05, 3.63) is 69.8 Å². The van der Waals surface area contributed by atoms with Crippen LogP contribution in [0.1, 0.15) is 28.2 Å². The lowest BCUT2D eigenvalue weighted by molar-refractivity contribution is -0.128. The first-order chi connectivity index (χ1) is 14.1. The topological polar surface area (TPSA) is 102 Å². The van der Waals surface area contributed by atoms with Crippen LogP contribution in [0.15, 0.2) is 47.3 Å². The molecule has 29 heavy (non-hydrogen) atoms. The van der Waals surface area contributed by atoms with Gasteiger partial charge in [-0.25, -0.2) is 4.98 Å². The summed E-state index contributed by atoms with van der Waals surface area (Å²) in [6, 6.07) is 12.2. The van der Waals surface area contributed by atoms with Gasteiger partial charge in [0, 0.05) is 24.9 Å². The molecule has 8 nitrogen and oxygen atoms in total. The summed E-state index contributed by atoms with van der Waals surface area (Å²) < 4.78 is 7.29. The first-order valence-corrected chi connectivity index (χ1v) is 9.48. The number of aromatic nitrogens is 2. The standard InChI is InChI=1S/C21H18N4O4/c26-19(23-24-20(27)17-11-12-4-1-2-5-16(12)29-17)13-7-8-14-15(10-13)22-18-6-3-9-25(18)21(14)28/h1-2,4-5,7-8,10,17H,3,6,9,11H2,(H,23,26)(H,24,27)/t17-/m0/s1. The molecule has 1 atom stereocenters. The van der Waals surface area contributed by atoms with E-state index in [1.165, 1.54) is 0 Å². The van der Waals surface area contributed by atoms with E-state index in [4.69, 9.17) is 4.74 Å². The highest BCUT2D eigenvalue weighted by atomic mass is 16.5. The molecule has 2 aliphatic rings. The van der Waals surface area contributed by atoms with Gasteiger partial charge in [-0.1, -0.05) is 18.2 Å². The highest BCUT2D eigenvalue weighted by Gasteiger charge is 2.29. The maximum Gasteiger partial charge on any atom is 0.279 e. The summed E-state index contributed by atoms with van der Waals surface area (Å²) in [6.07, 6.45) is 1.41. The van der Waals surface area contributed by atoms with Crippen LogP contribution in [0.2, 0.25) is 0 Å². The molecule has 0 saturated carbocycles. The van der Waals surface area contributed by atoms with Gasteiger partial charge in [-0.05, 0) is 36.2 Å². The minimum absolute atomic E-state index is 0.0827. The van der Waals surface area contributed by atoms with E-state index in [2.05, 4.69) is 15.8 Å². The molecule has 2 aromatic carbocycles. The van der Waals surface area contributed by atoms with Gasteiger partial charge in [0.15, 0.2) is 6.10 Å². The average Bonchev–Trinajstić information content (AvgIpc) is 3.38. The molecule has 2 aliphatic heterocycles. The van der Waals surface area contributed by atoms with E-state index in [9.17, 15) is 14.4 Å². The molecule has 0 radical (unpaired) electrons. The van der Waals surface area contributed by atoms with Crippen molar-refractivity contribution in [1.82, 2.24) is 20.4 Å². The van der Waals surface area contributed by atoms with Crippen molar-refractivity contribution in [2.24, 2.45) is 0 Å². The molecular weight excluding hydrogens is 372 g/mol. The normalized spacial score (nSPS) is 16.8. The molecule has 2 N–H and O–H groups in total.